The van der Waals surface area contributed by atoms with Crippen molar-refractivity contribution in [2.24, 2.45) is 0 Å². The monoisotopic (exact) mass is 497 g/mol. The van der Waals surface area contributed by atoms with Crippen molar-refractivity contribution in [2.45, 2.75) is 26.5 Å². The van der Waals surface area contributed by atoms with Crippen LogP contribution >= 0.6 is 0 Å². The minimum atomic E-state index is 0.456. The van der Waals surface area contributed by atoms with E-state index in [-0.39, 0.29) is 0 Å². The van der Waals surface area contributed by atoms with E-state index in [0.29, 0.717) is 25.5 Å². The maximum absolute atomic E-state index is 6.21. The SMILES string of the molecule is COc1cc(OCc2cccc(-c3ccccc3)c2C)cc(OC)c1CNCCCOc1ccccc1. The Labute approximate surface area is 220 Å². The summed E-state index contributed by atoms with van der Waals surface area (Å²) < 4.78 is 23.4. The van der Waals surface area contributed by atoms with Crippen molar-refractivity contribution in [3.8, 4) is 34.1 Å². The van der Waals surface area contributed by atoms with Crippen LogP contribution in [0.1, 0.15) is 23.1 Å². The predicted octanol–water partition coefficient (Wildman–Crippen LogP) is 6.82. The van der Waals surface area contributed by atoms with Crippen molar-refractivity contribution >= 4 is 0 Å². The number of para-hydroxylation sites is 1. The molecule has 0 radical (unpaired) electrons. The van der Waals surface area contributed by atoms with Gasteiger partial charge in [-0.1, -0.05) is 66.7 Å². The zero-order valence-electron chi connectivity index (χ0n) is 21.8. The van der Waals surface area contributed by atoms with Gasteiger partial charge in [-0.2, -0.15) is 0 Å². The minimum absolute atomic E-state index is 0.456. The summed E-state index contributed by atoms with van der Waals surface area (Å²) in [4.78, 5) is 0. The summed E-state index contributed by atoms with van der Waals surface area (Å²) in [6.45, 7) is 4.69. The van der Waals surface area contributed by atoms with Crippen LogP contribution in [-0.4, -0.2) is 27.4 Å². The topological polar surface area (TPSA) is 49.0 Å². The van der Waals surface area contributed by atoms with E-state index >= 15 is 0 Å². The molecule has 192 valence electrons. The number of nitrogens with one attached hydrogen (secondary N) is 1. The van der Waals surface area contributed by atoms with E-state index in [0.717, 1.165) is 41.3 Å². The molecule has 0 saturated carbocycles. The highest BCUT2D eigenvalue weighted by atomic mass is 16.5. The van der Waals surface area contributed by atoms with Gasteiger partial charge in [-0.25, -0.2) is 0 Å². The van der Waals surface area contributed by atoms with Gasteiger partial charge in [0.25, 0.3) is 0 Å². The number of benzene rings is 4. The normalized spacial score (nSPS) is 10.7. The molecule has 0 amide bonds. The van der Waals surface area contributed by atoms with Gasteiger partial charge in [0, 0.05) is 18.7 Å². The summed E-state index contributed by atoms with van der Waals surface area (Å²) in [6.07, 6.45) is 0.891. The van der Waals surface area contributed by atoms with E-state index in [1.807, 2.05) is 48.5 Å². The van der Waals surface area contributed by atoms with Gasteiger partial charge in [-0.05, 0) is 54.3 Å². The second-order valence-electron chi connectivity index (χ2n) is 8.74. The van der Waals surface area contributed by atoms with Gasteiger partial charge in [0.05, 0.1) is 26.4 Å². The van der Waals surface area contributed by atoms with Crippen LogP contribution in [0.2, 0.25) is 0 Å². The van der Waals surface area contributed by atoms with E-state index in [2.05, 4.69) is 54.7 Å². The first-order valence-corrected chi connectivity index (χ1v) is 12.6. The zero-order valence-corrected chi connectivity index (χ0v) is 21.8. The molecule has 37 heavy (non-hydrogen) atoms. The maximum Gasteiger partial charge on any atom is 0.130 e. The van der Waals surface area contributed by atoms with Gasteiger partial charge < -0.3 is 24.3 Å². The van der Waals surface area contributed by atoms with Gasteiger partial charge in [-0.3, -0.25) is 0 Å². The molecule has 0 spiro atoms. The van der Waals surface area contributed by atoms with Crippen molar-refractivity contribution in [3.63, 3.8) is 0 Å². The fraction of sp³-hybridized carbons (Fsp3) is 0.250. The molecule has 0 aliphatic carbocycles. The second kappa shape index (κ2) is 13.4. The molecule has 0 fully saturated rings. The molecule has 5 heteroatoms. The van der Waals surface area contributed by atoms with Crippen LogP contribution in [0.5, 0.6) is 23.0 Å². The van der Waals surface area contributed by atoms with Gasteiger partial charge >= 0.3 is 0 Å². The lowest BCUT2D eigenvalue weighted by atomic mass is 9.97. The Morgan fingerprint density at radius 1 is 0.703 bits per heavy atom. The first-order valence-electron chi connectivity index (χ1n) is 12.6. The van der Waals surface area contributed by atoms with Crippen LogP contribution in [0.3, 0.4) is 0 Å². The maximum atomic E-state index is 6.21. The molecule has 4 aromatic carbocycles. The second-order valence-corrected chi connectivity index (χ2v) is 8.74. The molecule has 5 nitrogen and oxygen atoms in total. The fourth-order valence-electron chi connectivity index (χ4n) is 4.27. The smallest absolute Gasteiger partial charge is 0.130 e. The first kappa shape index (κ1) is 26.1. The van der Waals surface area contributed by atoms with Gasteiger partial charge in [0.2, 0.25) is 0 Å². The Bertz CT molecular complexity index is 1230. The molecule has 0 aromatic heterocycles. The third kappa shape index (κ3) is 7.05. The molecule has 0 atom stereocenters. The van der Waals surface area contributed by atoms with Crippen LogP contribution in [0, 0.1) is 6.92 Å². The molecule has 0 aliphatic heterocycles. The number of hydrogen-bond acceptors (Lipinski definition) is 5. The van der Waals surface area contributed by atoms with Gasteiger partial charge in [-0.15, -0.1) is 0 Å². The Kier molecular flexibility index (Phi) is 9.44. The average Bonchev–Trinajstić information content (AvgIpc) is 2.95. The highest BCUT2D eigenvalue weighted by molar-refractivity contribution is 5.68. The Morgan fingerprint density at radius 3 is 2.05 bits per heavy atom. The van der Waals surface area contributed by atoms with Crippen LogP contribution < -0.4 is 24.3 Å². The fourth-order valence-corrected chi connectivity index (χ4v) is 4.27. The van der Waals surface area contributed by atoms with Crippen LogP contribution in [0.15, 0.2) is 91.0 Å². The minimum Gasteiger partial charge on any atom is -0.496 e. The van der Waals surface area contributed by atoms with Crippen LogP contribution in [-0.2, 0) is 13.2 Å². The van der Waals surface area contributed by atoms with Crippen LogP contribution in [0.25, 0.3) is 11.1 Å². The number of methoxy groups -OCH3 is 2. The highest BCUT2D eigenvalue weighted by Crippen LogP contribution is 2.35. The number of rotatable bonds is 13. The molecule has 0 bridgehead atoms. The summed E-state index contributed by atoms with van der Waals surface area (Å²) in [5.74, 6) is 3.07. The van der Waals surface area contributed by atoms with Gasteiger partial charge in [0.15, 0.2) is 0 Å². The first-order chi connectivity index (χ1) is 18.2. The Balaban J connectivity index is 1.36. The average molecular weight is 498 g/mol. The Hall–Kier alpha value is -3.96. The molecule has 0 aliphatic rings. The zero-order chi connectivity index (χ0) is 25.9. The number of hydrogen-bond donors (Lipinski definition) is 1. The molecular formula is C32H35NO4. The standard InChI is InChI=1S/C32H35NO4/c1-24-26(14-10-17-29(24)25-12-6-4-7-13-25)23-37-28-20-31(34-2)30(32(21-28)35-3)22-33-18-11-19-36-27-15-8-5-9-16-27/h4-10,12-17,20-21,33H,11,18-19,22-23H2,1-3H3. The summed E-state index contributed by atoms with van der Waals surface area (Å²) in [5, 5.41) is 3.46. The largest absolute Gasteiger partial charge is 0.496 e. The summed E-state index contributed by atoms with van der Waals surface area (Å²) in [7, 11) is 3.34. The molecule has 0 unspecified atom stereocenters. The van der Waals surface area contributed by atoms with E-state index in [1.165, 1.54) is 16.7 Å². The highest BCUT2D eigenvalue weighted by Gasteiger charge is 2.14. The van der Waals surface area contributed by atoms with E-state index in [4.69, 9.17) is 18.9 Å². The summed E-state index contributed by atoms with van der Waals surface area (Å²) >= 11 is 0. The molecule has 1 N–H and O–H groups in total. The summed E-state index contributed by atoms with van der Waals surface area (Å²) in [5.41, 5.74) is 5.73. The van der Waals surface area contributed by atoms with E-state index < -0.39 is 0 Å². The molecule has 4 rings (SSSR count). The van der Waals surface area contributed by atoms with Crippen molar-refractivity contribution < 1.29 is 18.9 Å². The molecule has 4 aromatic rings. The quantitative estimate of drug-likeness (QED) is 0.206. The predicted molar refractivity (Wildman–Crippen MR) is 149 cm³/mol. The van der Waals surface area contributed by atoms with Gasteiger partial charge in [0.1, 0.15) is 29.6 Å². The number of ether oxygens (including phenoxy) is 4. The summed E-state index contributed by atoms with van der Waals surface area (Å²) in [6, 6.07) is 30.5. The van der Waals surface area contributed by atoms with E-state index in [1.54, 1.807) is 14.2 Å². The lowest BCUT2D eigenvalue weighted by molar-refractivity contribution is 0.298. The van der Waals surface area contributed by atoms with Crippen molar-refractivity contribution in [1.82, 2.24) is 5.32 Å². The van der Waals surface area contributed by atoms with Crippen molar-refractivity contribution in [2.75, 3.05) is 27.4 Å². The van der Waals surface area contributed by atoms with Crippen LogP contribution in [0.4, 0.5) is 0 Å². The molecular weight excluding hydrogens is 462 g/mol. The third-order valence-electron chi connectivity index (χ3n) is 6.32. The van der Waals surface area contributed by atoms with Crippen molar-refractivity contribution in [3.05, 3.63) is 108 Å². The van der Waals surface area contributed by atoms with Crippen molar-refractivity contribution in [1.29, 1.82) is 0 Å². The third-order valence-corrected chi connectivity index (χ3v) is 6.32. The van der Waals surface area contributed by atoms with E-state index in [9.17, 15) is 0 Å². The lowest BCUT2D eigenvalue weighted by Crippen LogP contribution is -2.18. The molecule has 0 saturated heterocycles. The lowest BCUT2D eigenvalue weighted by Gasteiger charge is -2.17. The molecule has 0 heterocycles. The Morgan fingerprint density at radius 2 is 1.38 bits per heavy atom.